The van der Waals surface area contributed by atoms with Gasteiger partial charge in [0, 0.05) is 12.7 Å². The lowest BCUT2D eigenvalue weighted by Crippen LogP contribution is -2.35. The molecule has 0 atom stereocenters. The second-order valence-electron chi connectivity index (χ2n) is 6.38. The first-order valence-electron chi connectivity index (χ1n) is 8.35. The highest BCUT2D eigenvalue weighted by Gasteiger charge is 2.24. The lowest BCUT2D eigenvalue weighted by molar-refractivity contribution is -0.116. The van der Waals surface area contributed by atoms with Crippen LogP contribution in [0.5, 0.6) is 5.75 Å². The van der Waals surface area contributed by atoms with E-state index in [1.165, 1.54) is 32.4 Å². The fourth-order valence-electron chi connectivity index (χ4n) is 2.43. The summed E-state index contributed by atoms with van der Waals surface area (Å²) in [5.74, 6) is 0.334. The normalized spacial score (nSPS) is 11.7. The van der Waals surface area contributed by atoms with Gasteiger partial charge < -0.3 is 10.1 Å². The van der Waals surface area contributed by atoms with Crippen LogP contribution in [-0.2, 0) is 14.8 Å². The first-order chi connectivity index (χ1) is 12.6. The quantitative estimate of drug-likeness (QED) is 0.754. The third-order valence-electron chi connectivity index (χ3n) is 4.06. The summed E-state index contributed by atoms with van der Waals surface area (Å²) in [7, 11) is -1.07. The van der Waals surface area contributed by atoms with Crippen LogP contribution in [0.15, 0.2) is 47.4 Å². The van der Waals surface area contributed by atoms with E-state index >= 15 is 0 Å². The number of ether oxygens (including phenoxy) is 1. The highest BCUT2D eigenvalue weighted by Crippen LogP contribution is 2.28. The van der Waals surface area contributed by atoms with Gasteiger partial charge in [0.15, 0.2) is 0 Å². The van der Waals surface area contributed by atoms with E-state index in [1.807, 2.05) is 12.1 Å². The van der Waals surface area contributed by atoms with Gasteiger partial charge in [0.2, 0.25) is 15.9 Å². The summed E-state index contributed by atoms with van der Waals surface area (Å²) >= 11 is 6.00. The minimum Gasteiger partial charge on any atom is -0.495 e. The van der Waals surface area contributed by atoms with Crippen LogP contribution in [-0.4, -0.2) is 39.3 Å². The van der Waals surface area contributed by atoms with Crippen LogP contribution >= 0.6 is 11.6 Å². The molecule has 146 valence electrons. The molecule has 0 heterocycles. The average molecular weight is 411 g/mol. The van der Waals surface area contributed by atoms with Crippen LogP contribution < -0.4 is 10.1 Å². The van der Waals surface area contributed by atoms with Crippen molar-refractivity contribution in [2.75, 3.05) is 26.0 Å². The van der Waals surface area contributed by atoms with Crippen molar-refractivity contribution in [3.05, 3.63) is 53.1 Å². The first-order valence-corrected chi connectivity index (χ1v) is 10.2. The number of sulfonamides is 1. The molecule has 0 radical (unpaired) electrons. The average Bonchev–Trinajstić information content (AvgIpc) is 2.61. The molecule has 0 bridgehead atoms. The van der Waals surface area contributed by atoms with E-state index in [2.05, 4.69) is 19.2 Å². The first kappa shape index (κ1) is 21.2. The molecule has 2 rings (SSSR count). The zero-order valence-electron chi connectivity index (χ0n) is 15.7. The topological polar surface area (TPSA) is 75.7 Å². The summed E-state index contributed by atoms with van der Waals surface area (Å²) in [4.78, 5) is 12.2. The summed E-state index contributed by atoms with van der Waals surface area (Å²) in [5, 5.41) is 2.88. The Balaban J connectivity index is 2.07. The fourth-order valence-corrected chi connectivity index (χ4v) is 3.90. The molecule has 0 aliphatic carbocycles. The van der Waals surface area contributed by atoms with E-state index < -0.39 is 15.9 Å². The molecule has 27 heavy (non-hydrogen) atoms. The van der Waals surface area contributed by atoms with Crippen molar-refractivity contribution in [2.24, 2.45) is 0 Å². The highest BCUT2D eigenvalue weighted by molar-refractivity contribution is 7.89. The van der Waals surface area contributed by atoms with Crippen molar-refractivity contribution < 1.29 is 17.9 Å². The lowest BCUT2D eigenvalue weighted by Gasteiger charge is -2.17. The van der Waals surface area contributed by atoms with Crippen molar-refractivity contribution >= 4 is 33.2 Å². The fraction of sp³-hybridized carbons (Fsp3) is 0.316. The van der Waals surface area contributed by atoms with E-state index in [4.69, 9.17) is 16.3 Å². The molecule has 2 aromatic rings. The Hall–Kier alpha value is -2.09. The van der Waals surface area contributed by atoms with Crippen molar-refractivity contribution in [1.29, 1.82) is 0 Å². The predicted molar refractivity (Wildman–Crippen MR) is 107 cm³/mol. The summed E-state index contributed by atoms with van der Waals surface area (Å²) in [6.07, 6.45) is 0. The second-order valence-corrected chi connectivity index (χ2v) is 8.83. The van der Waals surface area contributed by atoms with Crippen molar-refractivity contribution in [1.82, 2.24) is 4.31 Å². The zero-order chi connectivity index (χ0) is 20.2. The van der Waals surface area contributed by atoms with Gasteiger partial charge in [-0.1, -0.05) is 37.6 Å². The summed E-state index contributed by atoms with van der Waals surface area (Å²) in [6, 6.07) is 11.6. The third kappa shape index (κ3) is 5.22. The van der Waals surface area contributed by atoms with Gasteiger partial charge in [-0.3, -0.25) is 4.79 Å². The molecular weight excluding hydrogens is 388 g/mol. The number of hydrogen-bond acceptors (Lipinski definition) is 4. The minimum atomic E-state index is -3.86. The number of nitrogens with one attached hydrogen (secondary N) is 1. The Kier molecular flexibility index (Phi) is 6.86. The number of likely N-dealkylation sites (N-methyl/N-ethyl adjacent to an activating group) is 1. The Morgan fingerprint density at radius 3 is 2.33 bits per heavy atom. The second kappa shape index (κ2) is 8.73. The number of benzene rings is 2. The van der Waals surface area contributed by atoms with Gasteiger partial charge in [0.25, 0.3) is 0 Å². The Morgan fingerprint density at radius 2 is 1.81 bits per heavy atom. The van der Waals surface area contributed by atoms with E-state index in [0.29, 0.717) is 17.4 Å². The predicted octanol–water partition coefficient (Wildman–Crippen LogP) is 3.73. The largest absolute Gasteiger partial charge is 0.495 e. The van der Waals surface area contributed by atoms with E-state index in [9.17, 15) is 13.2 Å². The van der Waals surface area contributed by atoms with Gasteiger partial charge >= 0.3 is 0 Å². The number of nitrogens with zero attached hydrogens (tertiary/aromatic N) is 1. The monoisotopic (exact) mass is 410 g/mol. The Labute approximate surface area is 165 Å². The van der Waals surface area contributed by atoms with Gasteiger partial charge in [-0.2, -0.15) is 4.31 Å². The molecule has 1 N–H and O–H groups in total. The van der Waals surface area contributed by atoms with Gasteiger partial charge in [0.05, 0.1) is 23.6 Å². The molecule has 0 saturated carbocycles. The maximum absolute atomic E-state index is 12.6. The molecule has 8 heteroatoms. The molecule has 1 amide bonds. The maximum atomic E-state index is 12.6. The molecule has 0 aliphatic heterocycles. The van der Waals surface area contributed by atoms with E-state index in [1.54, 1.807) is 12.1 Å². The number of methoxy groups -OCH3 is 1. The number of amides is 1. The van der Waals surface area contributed by atoms with E-state index in [-0.39, 0.29) is 16.5 Å². The number of halogens is 1. The number of carbonyl (C=O) groups is 1. The van der Waals surface area contributed by atoms with Gasteiger partial charge in [-0.15, -0.1) is 0 Å². The lowest BCUT2D eigenvalue weighted by atomic mass is 10.0. The standard InChI is InChI=1S/C19H23ClN2O4S/c1-13(2)14-5-7-15(8-6-14)21-19(23)12-22(3)27(24,25)16-9-10-18(26-4)17(20)11-16/h5-11,13H,12H2,1-4H3,(H,21,23). The number of carbonyl (C=O) groups excluding carboxylic acids is 1. The maximum Gasteiger partial charge on any atom is 0.243 e. The number of anilines is 1. The van der Waals surface area contributed by atoms with Crippen molar-refractivity contribution in [3.8, 4) is 5.75 Å². The Morgan fingerprint density at radius 1 is 1.19 bits per heavy atom. The minimum absolute atomic E-state index is 0.00936. The molecule has 0 unspecified atom stereocenters. The van der Waals surface area contributed by atoms with Crippen LogP contribution in [0.3, 0.4) is 0 Å². The summed E-state index contributed by atoms with van der Waals surface area (Å²) in [5.41, 5.74) is 1.77. The zero-order valence-corrected chi connectivity index (χ0v) is 17.3. The molecule has 0 aromatic heterocycles. The van der Waals surface area contributed by atoms with Gasteiger partial charge in [0.1, 0.15) is 5.75 Å². The van der Waals surface area contributed by atoms with Gasteiger partial charge in [-0.05, 0) is 41.8 Å². The van der Waals surface area contributed by atoms with Crippen LogP contribution in [0.2, 0.25) is 5.02 Å². The molecule has 0 saturated heterocycles. The molecule has 6 nitrogen and oxygen atoms in total. The highest BCUT2D eigenvalue weighted by atomic mass is 35.5. The number of hydrogen-bond donors (Lipinski definition) is 1. The van der Waals surface area contributed by atoms with Crippen molar-refractivity contribution in [3.63, 3.8) is 0 Å². The SMILES string of the molecule is COc1ccc(S(=O)(=O)N(C)CC(=O)Nc2ccc(C(C)C)cc2)cc1Cl. The van der Waals surface area contributed by atoms with Crippen LogP contribution in [0.25, 0.3) is 0 Å². The summed E-state index contributed by atoms with van der Waals surface area (Å²) in [6.45, 7) is 3.84. The van der Waals surface area contributed by atoms with Gasteiger partial charge in [-0.25, -0.2) is 8.42 Å². The molecule has 0 spiro atoms. The van der Waals surface area contributed by atoms with E-state index in [0.717, 1.165) is 9.87 Å². The number of rotatable bonds is 7. The smallest absolute Gasteiger partial charge is 0.243 e. The molecule has 0 aliphatic rings. The molecular formula is C19H23ClN2O4S. The summed E-state index contributed by atoms with van der Waals surface area (Å²) < 4.78 is 31.3. The molecule has 0 fully saturated rings. The van der Waals surface area contributed by atoms with Crippen LogP contribution in [0.4, 0.5) is 5.69 Å². The molecule has 2 aromatic carbocycles. The van der Waals surface area contributed by atoms with Crippen molar-refractivity contribution in [2.45, 2.75) is 24.7 Å². The third-order valence-corrected chi connectivity index (χ3v) is 6.15. The van der Waals surface area contributed by atoms with Crippen LogP contribution in [0, 0.1) is 0 Å². The van der Waals surface area contributed by atoms with Crippen LogP contribution in [0.1, 0.15) is 25.3 Å². The Bertz CT molecular complexity index is 912.